The summed E-state index contributed by atoms with van der Waals surface area (Å²) in [6.45, 7) is 6.80. The Labute approximate surface area is 114 Å². The second-order valence-electron chi connectivity index (χ2n) is 5.16. The van der Waals surface area contributed by atoms with Crippen LogP contribution in [0.4, 0.5) is 0 Å². The molecule has 1 aromatic rings. The maximum atomic E-state index is 12.1. The first-order chi connectivity index (χ1) is 8.91. The molecule has 19 heavy (non-hydrogen) atoms. The summed E-state index contributed by atoms with van der Waals surface area (Å²) in [5, 5.41) is 3.39. The van der Waals surface area contributed by atoms with E-state index in [1.54, 1.807) is 12.1 Å². The number of nitrogens with two attached hydrogens (primary N) is 1. The fourth-order valence-electron chi connectivity index (χ4n) is 2.47. The van der Waals surface area contributed by atoms with Crippen molar-refractivity contribution in [2.24, 2.45) is 5.73 Å². The fourth-order valence-corrected chi connectivity index (χ4v) is 4.20. The normalized spacial score (nSPS) is 24.7. The van der Waals surface area contributed by atoms with Gasteiger partial charge in [0.15, 0.2) is 9.84 Å². The van der Waals surface area contributed by atoms with Crippen LogP contribution in [-0.2, 0) is 15.4 Å². The van der Waals surface area contributed by atoms with Gasteiger partial charge in [0.2, 0.25) is 0 Å². The molecule has 1 atom stereocenters. The van der Waals surface area contributed by atoms with E-state index >= 15 is 0 Å². The van der Waals surface area contributed by atoms with Gasteiger partial charge in [0, 0.05) is 13.1 Å². The predicted octanol–water partition coefficient (Wildman–Crippen LogP) is 1.18. The summed E-state index contributed by atoms with van der Waals surface area (Å²) in [5.74, 6) is 0.129. The van der Waals surface area contributed by atoms with Crippen LogP contribution in [0.1, 0.15) is 18.9 Å². The molecule has 1 unspecified atom stereocenters. The van der Waals surface area contributed by atoms with Crippen molar-refractivity contribution in [2.75, 3.05) is 18.8 Å². The molecule has 0 aliphatic carbocycles. The summed E-state index contributed by atoms with van der Waals surface area (Å²) < 4.78 is 24.3. The zero-order valence-corrected chi connectivity index (χ0v) is 12.0. The van der Waals surface area contributed by atoms with Crippen LogP contribution in [0.3, 0.4) is 0 Å². The molecule has 0 saturated heterocycles. The maximum absolute atomic E-state index is 12.1. The van der Waals surface area contributed by atoms with E-state index in [9.17, 15) is 8.42 Å². The van der Waals surface area contributed by atoms with E-state index in [1.165, 1.54) is 0 Å². The van der Waals surface area contributed by atoms with Gasteiger partial charge in [-0.1, -0.05) is 30.4 Å². The Bertz CT molecular complexity index is 595. The highest BCUT2D eigenvalue weighted by Crippen LogP contribution is 2.36. The van der Waals surface area contributed by atoms with Gasteiger partial charge in [-0.05, 0) is 25.0 Å². The van der Waals surface area contributed by atoms with Crippen LogP contribution in [0.5, 0.6) is 0 Å². The summed E-state index contributed by atoms with van der Waals surface area (Å²) in [6.07, 6.45) is 0.496. The van der Waals surface area contributed by atoms with Crippen molar-refractivity contribution in [3.63, 3.8) is 0 Å². The van der Waals surface area contributed by atoms with Crippen LogP contribution in [0.15, 0.2) is 41.3 Å². The molecule has 0 radical (unpaired) electrons. The Balaban J connectivity index is 2.50. The number of nitrogens with one attached hydrogen (secondary N) is 1. The Kier molecular flexibility index (Phi) is 3.80. The van der Waals surface area contributed by atoms with E-state index in [0.717, 1.165) is 11.1 Å². The molecule has 104 valence electrons. The van der Waals surface area contributed by atoms with Crippen molar-refractivity contribution < 1.29 is 8.42 Å². The van der Waals surface area contributed by atoms with Gasteiger partial charge in [0.1, 0.15) is 0 Å². The summed E-state index contributed by atoms with van der Waals surface area (Å²) in [4.78, 5) is 0.404. The molecule has 0 spiro atoms. The lowest BCUT2D eigenvalue weighted by Crippen LogP contribution is -2.52. The van der Waals surface area contributed by atoms with Crippen LogP contribution < -0.4 is 11.1 Å². The highest BCUT2D eigenvalue weighted by atomic mass is 32.2. The van der Waals surface area contributed by atoms with Gasteiger partial charge in [0.05, 0.1) is 16.2 Å². The molecule has 4 nitrogen and oxygen atoms in total. The summed E-state index contributed by atoms with van der Waals surface area (Å²) >= 11 is 0. The van der Waals surface area contributed by atoms with Gasteiger partial charge >= 0.3 is 0 Å². The lowest BCUT2D eigenvalue weighted by Gasteiger charge is -2.39. The molecule has 0 amide bonds. The molecule has 0 aromatic heterocycles. The average molecular weight is 280 g/mol. The van der Waals surface area contributed by atoms with E-state index < -0.39 is 15.4 Å². The predicted molar refractivity (Wildman–Crippen MR) is 76.7 cm³/mol. The average Bonchev–Trinajstić information content (AvgIpc) is 2.39. The second-order valence-corrected chi connectivity index (χ2v) is 7.24. The van der Waals surface area contributed by atoms with Crippen LogP contribution >= 0.6 is 0 Å². The van der Waals surface area contributed by atoms with Crippen molar-refractivity contribution in [3.8, 4) is 0 Å². The largest absolute Gasteiger partial charge is 0.328 e. The SMILES string of the molecule is C=C(C)CNC1(CN)CCS(=O)(=O)c2ccccc21. The van der Waals surface area contributed by atoms with Gasteiger partial charge in [-0.25, -0.2) is 8.42 Å². The van der Waals surface area contributed by atoms with E-state index in [1.807, 2.05) is 19.1 Å². The summed E-state index contributed by atoms with van der Waals surface area (Å²) in [6, 6.07) is 7.12. The molecule has 1 aliphatic rings. The van der Waals surface area contributed by atoms with Crippen LogP contribution in [0.25, 0.3) is 0 Å². The lowest BCUT2D eigenvalue weighted by atomic mass is 9.86. The molecule has 0 saturated carbocycles. The first-order valence-electron chi connectivity index (χ1n) is 6.33. The number of sulfone groups is 1. The van der Waals surface area contributed by atoms with E-state index in [4.69, 9.17) is 5.73 Å². The molecule has 1 heterocycles. The Morgan fingerprint density at radius 1 is 1.47 bits per heavy atom. The monoisotopic (exact) mass is 280 g/mol. The standard InChI is InChI=1S/C14H20N2O2S/c1-11(2)9-16-14(10-15)7-8-19(17,18)13-6-4-3-5-12(13)14/h3-6,16H,1,7-10,15H2,2H3. The van der Waals surface area contributed by atoms with Crippen molar-refractivity contribution in [2.45, 2.75) is 23.8 Å². The van der Waals surface area contributed by atoms with Crippen molar-refractivity contribution in [1.29, 1.82) is 0 Å². The fraction of sp³-hybridized carbons (Fsp3) is 0.429. The second kappa shape index (κ2) is 5.07. The lowest BCUT2D eigenvalue weighted by molar-refractivity contribution is 0.328. The third-order valence-electron chi connectivity index (χ3n) is 3.61. The molecule has 2 rings (SSSR count). The molecule has 0 bridgehead atoms. The van der Waals surface area contributed by atoms with E-state index in [0.29, 0.717) is 24.4 Å². The molecule has 1 aliphatic heterocycles. The Hall–Kier alpha value is -1.17. The number of hydrogen-bond donors (Lipinski definition) is 2. The minimum atomic E-state index is -3.18. The zero-order valence-electron chi connectivity index (χ0n) is 11.1. The highest BCUT2D eigenvalue weighted by molar-refractivity contribution is 7.91. The van der Waals surface area contributed by atoms with Crippen LogP contribution in [-0.4, -0.2) is 27.3 Å². The van der Waals surface area contributed by atoms with Gasteiger partial charge in [-0.15, -0.1) is 0 Å². The van der Waals surface area contributed by atoms with Gasteiger partial charge in [-0.3, -0.25) is 0 Å². The summed E-state index contributed by atoms with van der Waals surface area (Å²) in [7, 11) is -3.18. The molecule has 3 N–H and O–H groups in total. The number of fused-ring (bicyclic) bond motifs is 1. The minimum Gasteiger partial charge on any atom is -0.328 e. The first kappa shape index (κ1) is 14.2. The van der Waals surface area contributed by atoms with Crippen LogP contribution in [0.2, 0.25) is 0 Å². The maximum Gasteiger partial charge on any atom is 0.178 e. The third kappa shape index (κ3) is 2.59. The molecular weight excluding hydrogens is 260 g/mol. The number of benzene rings is 1. The van der Waals surface area contributed by atoms with Crippen LogP contribution in [0, 0.1) is 0 Å². The number of hydrogen-bond acceptors (Lipinski definition) is 4. The quantitative estimate of drug-likeness (QED) is 0.813. The van der Waals surface area contributed by atoms with Gasteiger partial charge in [0.25, 0.3) is 0 Å². The van der Waals surface area contributed by atoms with Crippen molar-refractivity contribution >= 4 is 9.84 Å². The molecular formula is C14H20N2O2S. The van der Waals surface area contributed by atoms with E-state index in [2.05, 4.69) is 11.9 Å². The first-order valence-corrected chi connectivity index (χ1v) is 7.98. The van der Waals surface area contributed by atoms with Crippen molar-refractivity contribution in [3.05, 3.63) is 42.0 Å². The van der Waals surface area contributed by atoms with Gasteiger partial charge in [-0.2, -0.15) is 0 Å². The summed E-state index contributed by atoms with van der Waals surface area (Å²) in [5.41, 5.74) is 7.25. The Morgan fingerprint density at radius 2 is 2.16 bits per heavy atom. The van der Waals surface area contributed by atoms with Crippen molar-refractivity contribution in [1.82, 2.24) is 5.32 Å². The minimum absolute atomic E-state index is 0.129. The molecule has 5 heteroatoms. The highest BCUT2D eigenvalue weighted by Gasteiger charge is 2.40. The van der Waals surface area contributed by atoms with E-state index in [-0.39, 0.29) is 5.75 Å². The Morgan fingerprint density at radius 3 is 2.79 bits per heavy atom. The number of rotatable bonds is 4. The zero-order chi connectivity index (χ0) is 14.1. The smallest absolute Gasteiger partial charge is 0.178 e. The molecule has 1 aromatic carbocycles. The topological polar surface area (TPSA) is 72.2 Å². The third-order valence-corrected chi connectivity index (χ3v) is 5.38. The van der Waals surface area contributed by atoms with Gasteiger partial charge < -0.3 is 11.1 Å². The molecule has 0 fully saturated rings.